The van der Waals surface area contributed by atoms with Crippen molar-refractivity contribution in [2.24, 2.45) is 0 Å². The Morgan fingerprint density at radius 2 is 1.73 bits per heavy atom. The van der Waals surface area contributed by atoms with E-state index in [1.165, 1.54) is 13.0 Å². The van der Waals surface area contributed by atoms with Crippen LogP contribution in [0.2, 0.25) is 0 Å². The molecule has 1 aliphatic rings. The number of benzene rings is 1. The van der Waals surface area contributed by atoms with E-state index in [1.54, 1.807) is 18.3 Å². The number of carbonyl (C=O) groups excluding carboxylic acids is 3. The van der Waals surface area contributed by atoms with Crippen LogP contribution in [0.25, 0.3) is 0 Å². The van der Waals surface area contributed by atoms with Gasteiger partial charge in [-0.1, -0.05) is 17.7 Å². The maximum absolute atomic E-state index is 12.9. The predicted molar refractivity (Wildman–Crippen MR) is 99.4 cm³/mol. The van der Waals surface area contributed by atoms with Crippen molar-refractivity contribution in [1.29, 1.82) is 0 Å². The topological polar surface area (TPSA) is 64.1 Å². The quantitative estimate of drug-likeness (QED) is 0.626. The molecule has 1 atom stereocenters. The number of nitrogens with zero attached hydrogens (tertiary/aromatic N) is 1. The maximum atomic E-state index is 12.9. The van der Waals surface area contributed by atoms with Gasteiger partial charge in [0.1, 0.15) is 5.92 Å². The van der Waals surface area contributed by atoms with Crippen LogP contribution in [-0.2, 0) is 16.0 Å². The lowest BCUT2D eigenvalue weighted by atomic mass is 9.85. The highest BCUT2D eigenvalue weighted by Crippen LogP contribution is 2.34. The first-order chi connectivity index (χ1) is 12.3. The third kappa shape index (κ3) is 3.27. The lowest BCUT2D eigenvalue weighted by molar-refractivity contribution is -0.122. The van der Waals surface area contributed by atoms with Gasteiger partial charge in [0, 0.05) is 29.4 Å². The van der Waals surface area contributed by atoms with Crippen molar-refractivity contribution >= 4 is 17.3 Å². The molecule has 1 aliphatic carbocycles. The van der Waals surface area contributed by atoms with Crippen LogP contribution in [-0.4, -0.2) is 22.3 Å². The summed E-state index contributed by atoms with van der Waals surface area (Å²) in [6.07, 6.45) is 3.25. The molecule has 1 unspecified atom stereocenters. The normalized spacial score (nSPS) is 16.8. The van der Waals surface area contributed by atoms with Crippen molar-refractivity contribution in [3.05, 3.63) is 75.6 Å². The van der Waals surface area contributed by atoms with Crippen molar-refractivity contribution < 1.29 is 14.4 Å². The molecule has 0 amide bonds. The summed E-state index contributed by atoms with van der Waals surface area (Å²) in [4.78, 5) is 41.3. The highest BCUT2D eigenvalue weighted by atomic mass is 16.2. The smallest absolute Gasteiger partial charge is 0.174 e. The molecule has 0 radical (unpaired) electrons. The largest absolute Gasteiger partial charge is 0.295 e. The molecule has 4 nitrogen and oxygen atoms in total. The second-order valence-corrected chi connectivity index (χ2v) is 6.95. The number of hydrogen-bond donors (Lipinski definition) is 0. The first-order valence-electron chi connectivity index (χ1n) is 8.60. The number of allylic oxidation sites excluding steroid dienone is 2. The predicted octanol–water partition coefficient (Wildman–Crippen LogP) is 3.61. The van der Waals surface area contributed by atoms with Crippen molar-refractivity contribution in [2.75, 3.05) is 0 Å². The molecule has 0 saturated heterocycles. The Labute approximate surface area is 153 Å². The Hall–Kier alpha value is -2.88. The van der Waals surface area contributed by atoms with Crippen molar-refractivity contribution in [3.63, 3.8) is 0 Å². The molecule has 26 heavy (non-hydrogen) atoms. The van der Waals surface area contributed by atoms with Gasteiger partial charge in [0.2, 0.25) is 0 Å². The molecular weight excluding hydrogens is 326 g/mol. The number of ketones is 3. The van der Waals surface area contributed by atoms with Gasteiger partial charge in [-0.3, -0.25) is 19.4 Å². The van der Waals surface area contributed by atoms with Crippen LogP contribution in [0.1, 0.15) is 51.1 Å². The van der Waals surface area contributed by atoms with Crippen LogP contribution < -0.4 is 0 Å². The minimum atomic E-state index is -0.762. The number of carbonyl (C=O) groups is 3. The van der Waals surface area contributed by atoms with E-state index in [0.717, 1.165) is 22.3 Å². The van der Waals surface area contributed by atoms with E-state index < -0.39 is 5.92 Å². The second-order valence-electron chi connectivity index (χ2n) is 6.95. The molecule has 2 aromatic rings. The van der Waals surface area contributed by atoms with Crippen LogP contribution in [0.15, 0.2) is 42.1 Å². The third-order valence-electron chi connectivity index (χ3n) is 4.80. The third-order valence-corrected chi connectivity index (χ3v) is 4.80. The van der Waals surface area contributed by atoms with E-state index in [0.29, 0.717) is 16.8 Å². The Bertz CT molecular complexity index is 946. The molecule has 1 heterocycles. The molecule has 0 bridgehead atoms. The number of hydrogen-bond acceptors (Lipinski definition) is 4. The minimum Gasteiger partial charge on any atom is -0.295 e. The second kappa shape index (κ2) is 6.79. The fraction of sp³-hybridized carbons (Fsp3) is 0.273. The van der Waals surface area contributed by atoms with Gasteiger partial charge in [-0.25, -0.2) is 0 Å². The summed E-state index contributed by atoms with van der Waals surface area (Å²) in [7, 11) is 0. The Balaban J connectivity index is 1.91. The van der Waals surface area contributed by atoms with E-state index in [-0.39, 0.29) is 23.8 Å². The van der Waals surface area contributed by atoms with E-state index >= 15 is 0 Å². The van der Waals surface area contributed by atoms with Crippen molar-refractivity contribution in [1.82, 2.24) is 4.98 Å². The summed E-state index contributed by atoms with van der Waals surface area (Å²) in [6.45, 7) is 7.36. The average molecular weight is 347 g/mol. The van der Waals surface area contributed by atoms with Gasteiger partial charge in [0.25, 0.3) is 0 Å². The van der Waals surface area contributed by atoms with E-state index in [1.807, 2.05) is 32.9 Å². The SMILES string of the molecule is CC(=O)c1ccnc(CC2=CC(=O)C(c3c(C)cc(C)cc3C)C2=O)c1. The first kappa shape index (κ1) is 17.9. The number of aromatic nitrogens is 1. The summed E-state index contributed by atoms with van der Waals surface area (Å²) >= 11 is 0. The molecule has 0 spiro atoms. The van der Waals surface area contributed by atoms with Gasteiger partial charge in [0.05, 0.1) is 0 Å². The van der Waals surface area contributed by atoms with E-state index in [4.69, 9.17) is 0 Å². The van der Waals surface area contributed by atoms with Crippen molar-refractivity contribution in [2.45, 2.75) is 40.0 Å². The van der Waals surface area contributed by atoms with Crippen LogP contribution in [0.5, 0.6) is 0 Å². The monoisotopic (exact) mass is 347 g/mol. The van der Waals surface area contributed by atoms with Crippen LogP contribution in [0.3, 0.4) is 0 Å². The van der Waals surface area contributed by atoms with Crippen LogP contribution in [0.4, 0.5) is 0 Å². The van der Waals surface area contributed by atoms with E-state index in [9.17, 15) is 14.4 Å². The van der Waals surface area contributed by atoms with Gasteiger partial charge >= 0.3 is 0 Å². The van der Waals surface area contributed by atoms with Crippen LogP contribution >= 0.6 is 0 Å². The molecule has 1 aromatic heterocycles. The zero-order chi connectivity index (χ0) is 19.0. The van der Waals surface area contributed by atoms with Gasteiger partial charge < -0.3 is 0 Å². The maximum Gasteiger partial charge on any atom is 0.174 e. The Kier molecular flexibility index (Phi) is 4.68. The fourth-order valence-corrected chi connectivity index (χ4v) is 3.69. The lowest BCUT2D eigenvalue weighted by Crippen LogP contribution is -2.18. The summed E-state index contributed by atoms with van der Waals surface area (Å²) in [5.41, 5.74) is 5.45. The Morgan fingerprint density at radius 3 is 2.35 bits per heavy atom. The molecule has 132 valence electrons. The number of rotatable bonds is 4. The minimum absolute atomic E-state index is 0.0553. The van der Waals surface area contributed by atoms with Crippen LogP contribution in [0, 0.1) is 20.8 Å². The van der Waals surface area contributed by atoms with Gasteiger partial charge in [0.15, 0.2) is 17.3 Å². The van der Waals surface area contributed by atoms with Crippen molar-refractivity contribution in [3.8, 4) is 0 Å². The van der Waals surface area contributed by atoms with Gasteiger partial charge in [-0.05, 0) is 62.6 Å². The fourth-order valence-electron chi connectivity index (χ4n) is 3.69. The molecular formula is C22H21NO3. The summed E-state index contributed by atoms with van der Waals surface area (Å²) in [5.74, 6) is -1.16. The van der Waals surface area contributed by atoms with E-state index in [2.05, 4.69) is 4.98 Å². The highest BCUT2D eigenvalue weighted by Gasteiger charge is 2.37. The molecule has 1 aromatic carbocycles. The number of Topliss-reactive ketones (excluding diaryl/α,β-unsaturated/α-hetero) is 2. The molecule has 0 aliphatic heterocycles. The first-order valence-corrected chi connectivity index (χ1v) is 8.60. The van der Waals surface area contributed by atoms with Gasteiger partial charge in [-0.2, -0.15) is 0 Å². The Morgan fingerprint density at radius 1 is 1.08 bits per heavy atom. The summed E-state index contributed by atoms with van der Waals surface area (Å²) in [6, 6.07) is 7.32. The molecule has 0 N–H and O–H groups in total. The molecule has 0 fully saturated rings. The molecule has 4 heteroatoms. The molecule has 3 rings (SSSR count). The average Bonchev–Trinajstić information content (AvgIpc) is 2.82. The highest BCUT2D eigenvalue weighted by molar-refractivity contribution is 6.25. The zero-order valence-corrected chi connectivity index (χ0v) is 15.4. The lowest BCUT2D eigenvalue weighted by Gasteiger charge is -2.16. The summed E-state index contributed by atoms with van der Waals surface area (Å²) in [5, 5.41) is 0. The standard InChI is InChI=1S/C22H21NO3/c1-12-7-13(2)20(14(3)8-12)21-19(25)11-17(22(21)26)10-18-9-16(15(4)24)5-6-23-18/h5-9,11,21H,10H2,1-4H3. The number of pyridine rings is 1. The van der Waals surface area contributed by atoms with Gasteiger partial charge in [-0.15, -0.1) is 0 Å². The zero-order valence-electron chi connectivity index (χ0n) is 15.4. The summed E-state index contributed by atoms with van der Waals surface area (Å²) < 4.78 is 0. The molecule has 0 saturated carbocycles. The number of aryl methyl sites for hydroxylation is 3.